The Morgan fingerprint density at radius 2 is 2.08 bits per heavy atom. The summed E-state index contributed by atoms with van der Waals surface area (Å²) in [6.07, 6.45) is 6.97. The predicted molar refractivity (Wildman–Crippen MR) is 102 cm³/mol. The molecule has 1 aromatic heterocycles. The van der Waals surface area contributed by atoms with Gasteiger partial charge in [0.25, 0.3) is 5.91 Å². The number of nitrogens with one attached hydrogen (secondary N) is 1. The third-order valence-corrected chi connectivity index (χ3v) is 5.19. The van der Waals surface area contributed by atoms with Crippen molar-refractivity contribution < 1.29 is 9.53 Å². The fourth-order valence-electron chi connectivity index (χ4n) is 2.94. The molecule has 0 aliphatic heterocycles. The molecule has 0 spiro atoms. The largest absolute Gasteiger partial charge is 0.490 e. The fraction of sp³-hybridized carbons (Fsp3) is 0.316. The van der Waals surface area contributed by atoms with Crippen molar-refractivity contribution in [1.82, 2.24) is 10.3 Å². The molecule has 128 valence electrons. The van der Waals surface area contributed by atoms with Gasteiger partial charge in [0, 0.05) is 22.0 Å². The summed E-state index contributed by atoms with van der Waals surface area (Å²) >= 11 is 2.15. The first kappa shape index (κ1) is 17.7. The smallest absolute Gasteiger partial charge is 0.253 e. The number of carbonyl (C=O) groups excluding carboxylic acids is 1. The van der Waals surface area contributed by atoms with E-state index in [1.165, 1.54) is 0 Å². The molecule has 0 unspecified atom stereocenters. The van der Waals surface area contributed by atoms with E-state index < -0.39 is 0 Å². The first-order valence-corrected chi connectivity index (χ1v) is 9.31. The summed E-state index contributed by atoms with van der Waals surface area (Å²) in [5.41, 5.74) is 1.25. The van der Waals surface area contributed by atoms with E-state index >= 15 is 0 Å². The summed E-state index contributed by atoms with van der Waals surface area (Å²) in [6.45, 7) is 0. The lowest BCUT2D eigenvalue weighted by Gasteiger charge is -2.29. The van der Waals surface area contributed by atoms with Gasteiger partial charge in [-0.2, -0.15) is 5.26 Å². The summed E-state index contributed by atoms with van der Waals surface area (Å²) < 4.78 is 6.93. The van der Waals surface area contributed by atoms with Gasteiger partial charge in [-0.15, -0.1) is 0 Å². The van der Waals surface area contributed by atoms with Crippen LogP contribution < -0.4 is 10.1 Å². The van der Waals surface area contributed by atoms with E-state index in [1.54, 1.807) is 30.6 Å². The number of hydrogen-bond acceptors (Lipinski definition) is 4. The molecule has 1 heterocycles. The van der Waals surface area contributed by atoms with Crippen LogP contribution in [0.15, 0.2) is 42.7 Å². The Bertz CT molecular complexity index is 781. The van der Waals surface area contributed by atoms with Crippen LogP contribution in [0.3, 0.4) is 0 Å². The highest BCUT2D eigenvalue weighted by atomic mass is 127. The predicted octanol–water partition coefficient (Wildman–Crippen LogP) is 3.68. The maximum atomic E-state index is 12.2. The van der Waals surface area contributed by atoms with Crippen LogP contribution in [-0.2, 0) is 0 Å². The van der Waals surface area contributed by atoms with Crippen LogP contribution in [0.5, 0.6) is 5.75 Å². The van der Waals surface area contributed by atoms with Gasteiger partial charge in [0.1, 0.15) is 11.8 Å². The summed E-state index contributed by atoms with van der Waals surface area (Å²) in [4.78, 5) is 16.1. The van der Waals surface area contributed by atoms with E-state index in [-0.39, 0.29) is 18.1 Å². The average molecular weight is 447 g/mol. The zero-order valence-corrected chi connectivity index (χ0v) is 15.8. The Kier molecular flexibility index (Phi) is 5.87. The first-order valence-electron chi connectivity index (χ1n) is 8.23. The van der Waals surface area contributed by atoms with Crippen molar-refractivity contribution in [3.63, 3.8) is 0 Å². The van der Waals surface area contributed by atoms with Crippen molar-refractivity contribution in [3.05, 3.63) is 57.4 Å². The minimum Gasteiger partial charge on any atom is -0.490 e. The van der Waals surface area contributed by atoms with Crippen LogP contribution in [0, 0.1) is 14.9 Å². The van der Waals surface area contributed by atoms with Crippen molar-refractivity contribution >= 4 is 28.5 Å². The quantitative estimate of drug-likeness (QED) is 0.726. The van der Waals surface area contributed by atoms with Crippen LogP contribution in [0.1, 0.15) is 41.6 Å². The number of ether oxygens (including phenoxy) is 1. The Labute approximate surface area is 160 Å². The topological polar surface area (TPSA) is 75.0 Å². The third-order valence-electron chi connectivity index (χ3n) is 4.30. The van der Waals surface area contributed by atoms with Crippen molar-refractivity contribution in [2.45, 2.75) is 37.8 Å². The fourth-order valence-corrected chi connectivity index (χ4v) is 3.55. The number of nitriles is 1. The molecule has 1 saturated carbocycles. The lowest BCUT2D eigenvalue weighted by Crippen LogP contribution is -2.39. The highest BCUT2D eigenvalue weighted by Crippen LogP contribution is 2.26. The van der Waals surface area contributed by atoms with E-state index in [0.717, 1.165) is 35.0 Å². The number of halogens is 1. The minimum atomic E-state index is -0.0703. The number of hydrogen-bond donors (Lipinski definition) is 1. The molecule has 0 bridgehead atoms. The van der Waals surface area contributed by atoms with Gasteiger partial charge in [0.2, 0.25) is 0 Å². The van der Waals surface area contributed by atoms with E-state index in [4.69, 9.17) is 10.00 Å². The first-order chi connectivity index (χ1) is 12.2. The second-order valence-corrected chi connectivity index (χ2v) is 7.22. The zero-order chi connectivity index (χ0) is 17.6. The molecule has 1 amide bonds. The molecular weight excluding hydrogens is 429 g/mol. The molecule has 0 atom stereocenters. The summed E-state index contributed by atoms with van der Waals surface area (Å²) in [7, 11) is 0. The number of aromatic nitrogens is 1. The standard InChI is InChI=1S/C19H18IN3O2/c20-18-10-17(6-3-13(18)11-21)25-16-7-4-15(5-8-16)23-19(24)14-2-1-9-22-12-14/h1-3,6,9-10,12,15-16H,4-5,7-8H2,(H,23,24)/t15-,16-. The van der Waals surface area contributed by atoms with Crippen LogP contribution in [0.25, 0.3) is 0 Å². The molecule has 2 aromatic rings. The molecule has 1 aliphatic carbocycles. The van der Waals surface area contributed by atoms with Gasteiger partial charge in [-0.1, -0.05) is 0 Å². The molecule has 25 heavy (non-hydrogen) atoms. The number of pyridine rings is 1. The summed E-state index contributed by atoms with van der Waals surface area (Å²) in [5, 5.41) is 12.1. The third kappa shape index (κ3) is 4.69. The normalized spacial score (nSPS) is 19.7. The Morgan fingerprint density at radius 1 is 1.28 bits per heavy atom. The molecule has 6 heteroatoms. The lowest BCUT2D eigenvalue weighted by molar-refractivity contribution is 0.0893. The monoisotopic (exact) mass is 447 g/mol. The van der Waals surface area contributed by atoms with Crippen LogP contribution >= 0.6 is 22.6 Å². The molecule has 3 rings (SSSR count). The molecule has 1 N–H and O–H groups in total. The van der Waals surface area contributed by atoms with Gasteiger partial charge in [-0.25, -0.2) is 0 Å². The van der Waals surface area contributed by atoms with Crippen molar-refractivity contribution in [3.8, 4) is 11.8 Å². The van der Waals surface area contributed by atoms with Gasteiger partial charge in [-0.05, 0) is 78.6 Å². The maximum Gasteiger partial charge on any atom is 0.253 e. The van der Waals surface area contributed by atoms with Gasteiger partial charge in [0.05, 0.1) is 17.2 Å². The number of nitrogens with zero attached hydrogens (tertiary/aromatic N) is 2. The highest BCUT2D eigenvalue weighted by Gasteiger charge is 2.24. The van der Waals surface area contributed by atoms with Crippen molar-refractivity contribution in [2.75, 3.05) is 0 Å². The SMILES string of the molecule is N#Cc1ccc(O[C@H]2CC[C@H](NC(=O)c3cccnc3)CC2)cc1I. The average Bonchev–Trinajstić information content (AvgIpc) is 2.64. The molecule has 0 saturated heterocycles. The number of carbonyl (C=O) groups is 1. The molecule has 1 fully saturated rings. The molecular formula is C19H18IN3O2. The van der Waals surface area contributed by atoms with Gasteiger partial charge < -0.3 is 10.1 Å². The second-order valence-electron chi connectivity index (χ2n) is 6.06. The van der Waals surface area contributed by atoms with Crippen LogP contribution in [0.4, 0.5) is 0 Å². The zero-order valence-electron chi connectivity index (χ0n) is 13.6. The van der Waals surface area contributed by atoms with E-state index in [9.17, 15) is 4.79 Å². The number of amides is 1. The van der Waals surface area contributed by atoms with Gasteiger partial charge in [0.15, 0.2) is 0 Å². The maximum absolute atomic E-state index is 12.2. The molecule has 1 aromatic carbocycles. The second kappa shape index (κ2) is 8.30. The molecule has 5 nitrogen and oxygen atoms in total. The minimum absolute atomic E-state index is 0.0703. The van der Waals surface area contributed by atoms with Crippen LogP contribution in [0.2, 0.25) is 0 Å². The van der Waals surface area contributed by atoms with Gasteiger partial charge >= 0.3 is 0 Å². The van der Waals surface area contributed by atoms with Crippen LogP contribution in [-0.4, -0.2) is 23.0 Å². The Hall–Kier alpha value is -2.14. The van der Waals surface area contributed by atoms with Gasteiger partial charge in [-0.3, -0.25) is 9.78 Å². The number of rotatable bonds is 4. The van der Waals surface area contributed by atoms with Crippen molar-refractivity contribution in [2.24, 2.45) is 0 Å². The highest BCUT2D eigenvalue weighted by molar-refractivity contribution is 14.1. The molecule has 1 aliphatic rings. The van der Waals surface area contributed by atoms with E-state index in [0.29, 0.717) is 11.1 Å². The van der Waals surface area contributed by atoms with E-state index in [2.05, 4.69) is 39.0 Å². The molecule has 0 radical (unpaired) electrons. The van der Waals surface area contributed by atoms with E-state index in [1.807, 2.05) is 12.1 Å². The number of benzene rings is 1. The summed E-state index contributed by atoms with van der Waals surface area (Å²) in [5.74, 6) is 0.727. The van der Waals surface area contributed by atoms with Crippen molar-refractivity contribution in [1.29, 1.82) is 5.26 Å². The Balaban J connectivity index is 1.50. The lowest BCUT2D eigenvalue weighted by atomic mass is 9.92. The summed E-state index contributed by atoms with van der Waals surface area (Å²) in [6, 6.07) is 11.4. The Morgan fingerprint density at radius 3 is 2.72 bits per heavy atom.